The highest BCUT2D eigenvalue weighted by Crippen LogP contribution is 2.19. The molecular formula is C13H29N3OS. The molecule has 0 radical (unpaired) electrons. The van der Waals surface area contributed by atoms with Gasteiger partial charge in [0, 0.05) is 31.5 Å². The standard InChI is InChI=1S/C13H29N3OS/c1-11(2)9-17-8-7-15-12(14-5)16-10-13(3,4)18-6/h11H,7-10H2,1-6H3,(H2,14,15,16). The molecule has 108 valence electrons. The van der Waals surface area contributed by atoms with E-state index in [0.717, 1.165) is 25.7 Å². The third-order valence-corrected chi connectivity index (χ3v) is 3.70. The van der Waals surface area contributed by atoms with Crippen LogP contribution < -0.4 is 10.6 Å². The lowest BCUT2D eigenvalue weighted by molar-refractivity contribution is 0.114. The minimum atomic E-state index is 0.214. The highest BCUT2D eigenvalue weighted by molar-refractivity contribution is 7.99. The maximum atomic E-state index is 5.51. The van der Waals surface area contributed by atoms with Crippen LogP contribution in [-0.2, 0) is 4.74 Å². The van der Waals surface area contributed by atoms with Gasteiger partial charge >= 0.3 is 0 Å². The van der Waals surface area contributed by atoms with Gasteiger partial charge in [-0.3, -0.25) is 4.99 Å². The molecule has 0 aromatic heterocycles. The molecule has 0 aliphatic carbocycles. The zero-order valence-corrected chi connectivity index (χ0v) is 13.5. The van der Waals surface area contributed by atoms with Gasteiger partial charge in [0.1, 0.15) is 0 Å². The number of guanidine groups is 1. The first-order valence-electron chi connectivity index (χ1n) is 6.48. The van der Waals surface area contributed by atoms with Crippen LogP contribution in [-0.4, -0.2) is 50.3 Å². The first-order valence-corrected chi connectivity index (χ1v) is 7.71. The summed E-state index contributed by atoms with van der Waals surface area (Å²) in [6.45, 7) is 11.9. The summed E-state index contributed by atoms with van der Waals surface area (Å²) < 4.78 is 5.72. The predicted molar refractivity (Wildman–Crippen MR) is 82.6 cm³/mol. The number of hydrogen-bond acceptors (Lipinski definition) is 3. The number of ether oxygens (including phenoxy) is 1. The molecule has 0 aromatic rings. The van der Waals surface area contributed by atoms with Crippen LogP contribution in [0.4, 0.5) is 0 Å². The van der Waals surface area contributed by atoms with Gasteiger partial charge in [0.2, 0.25) is 0 Å². The maximum absolute atomic E-state index is 5.51. The second-order valence-electron chi connectivity index (χ2n) is 5.29. The third kappa shape index (κ3) is 9.59. The van der Waals surface area contributed by atoms with E-state index in [0.29, 0.717) is 12.5 Å². The van der Waals surface area contributed by atoms with Crippen molar-refractivity contribution in [3.05, 3.63) is 0 Å². The molecule has 0 fully saturated rings. The van der Waals surface area contributed by atoms with Gasteiger partial charge in [-0.25, -0.2) is 0 Å². The van der Waals surface area contributed by atoms with Crippen LogP contribution in [0.1, 0.15) is 27.7 Å². The molecule has 0 amide bonds. The van der Waals surface area contributed by atoms with E-state index < -0.39 is 0 Å². The zero-order valence-electron chi connectivity index (χ0n) is 12.7. The van der Waals surface area contributed by atoms with Crippen molar-refractivity contribution in [1.29, 1.82) is 0 Å². The van der Waals surface area contributed by atoms with Crippen molar-refractivity contribution in [2.45, 2.75) is 32.4 Å². The summed E-state index contributed by atoms with van der Waals surface area (Å²) in [7, 11) is 1.79. The quantitative estimate of drug-likeness (QED) is 0.404. The highest BCUT2D eigenvalue weighted by Gasteiger charge is 2.15. The van der Waals surface area contributed by atoms with Gasteiger partial charge in [0.25, 0.3) is 0 Å². The van der Waals surface area contributed by atoms with Crippen molar-refractivity contribution in [1.82, 2.24) is 10.6 Å². The van der Waals surface area contributed by atoms with Gasteiger partial charge in [0.05, 0.1) is 6.61 Å². The molecule has 4 nitrogen and oxygen atoms in total. The molecule has 5 heteroatoms. The molecule has 0 spiro atoms. The molecule has 18 heavy (non-hydrogen) atoms. The molecule has 0 heterocycles. The topological polar surface area (TPSA) is 45.7 Å². The van der Waals surface area contributed by atoms with Crippen molar-refractivity contribution in [2.24, 2.45) is 10.9 Å². The van der Waals surface area contributed by atoms with Gasteiger partial charge in [-0.15, -0.1) is 0 Å². The molecule has 0 rings (SSSR count). The Morgan fingerprint density at radius 2 is 2.00 bits per heavy atom. The predicted octanol–water partition coefficient (Wildman–Crippen LogP) is 1.97. The van der Waals surface area contributed by atoms with Gasteiger partial charge in [0.15, 0.2) is 5.96 Å². The van der Waals surface area contributed by atoms with Crippen LogP contribution in [0, 0.1) is 5.92 Å². The fourth-order valence-corrected chi connectivity index (χ4v) is 1.37. The summed E-state index contributed by atoms with van der Waals surface area (Å²) in [5.74, 6) is 1.43. The summed E-state index contributed by atoms with van der Waals surface area (Å²) in [6, 6.07) is 0. The first-order chi connectivity index (χ1) is 8.41. The lowest BCUT2D eigenvalue weighted by Crippen LogP contribution is -2.44. The summed E-state index contributed by atoms with van der Waals surface area (Å²) >= 11 is 1.84. The Hall–Kier alpha value is -0.420. The molecule has 0 aliphatic rings. The second-order valence-corrected chi connectivity index (χ2v) is 6.80. The van der Waals surface area contributed by atoms with E-state index in [1.54, 1.807) is 7.05 Å². The molecule has 2 N–H and O–H groups in total. The number of nitrogens with zero attached hydrogens (tertiary/aromatic N) is 1. The zero-order chi connectivity index (χ0) is 14.0. The fourth-order valence-electron chi connectivity index (χ4n) is 1.15. The van der Waals surface area contributed by atoms with E-state index in [2.05, 4.69) is 49.6 Å². The van der Waals surface area contributed by atoms with E-state index >= 15 is 0 Å². The Morgan fingerprint density at radius 3 is 2.50 bits per heavy atom. The van der Waals surface area contributed by atoms with Crippen molar-refractivity contribution in [3.63, 3.8) is 0 Å². The van der Waals surface area contributed by atoms with E-state index in [-0.39, 0.29) is 4.75 Å². The van der Waals surface area contributed by atoms with E-state index in [1.807, 2.05) is 11.8 Å². The van der Waals surface area contributed by atoms with Gasteiger partial charge in [-0.05, 0) is 26.0 Å². The molecule has 0 unspecified atom stereocenters. The molecule has 0 saturated heterocycles. The van der Waals surface area contributed by atoms with Crippen molar-refractivity contribution in [3.8, 4) is 0 Å². The minimum Gasteiger partial charge on any atom is -0.379 e. The number of nitrogens with one attached hydrogen (secondary N) is 2. The second kappa shape index (κ2) is 9.50. The number of rotatable bonds is 8. The summed E-state index contributed by atoms with van der Waals surface area (Å²) in [5, 5.41) is 6.57. The van der Waals surface area contributed by atoms with Crippen LogP contribution >= 0.6 is 11.8 Å². The monoisotopic (exact) mass is 275 g/mol. The Balaban J connectivity index is 3.73. The molecule has 0 saturated carbocycles. The molecular weight excluding hydrogens is 246 g/mol. The van der Waals surface area contributed by atoms with Crippen molar-refractivity contribution in [2.75, 3.05) is 39.6 Å². The van der Waals surface area contributed by atoms with E-state index in [9.17, 15) is 0 Å². The molecule has 0 aromatic carbocycles. The van der Waals surface area contributed by atoms with Gasteiger partial charge < -0.3 is 15.4 Å². The van der Waals surface area contributed by atoms with Crippen LogP contribution in [0.2, 0.25) is 0 Å². The first kappa shape index (κ1) is 17.6. The van der Waals surface area contributed by atoms with Crippen molar-refractivity contribution < 1.29 is 4.74 Å². The summed E-state index contributed by atoms with van der Waals surface area (Å²) in [6.07, 6.45) is 2.12. The number of aliphatic imine (C=N–C) groups is 1. The van der Waals surface area contributed by atoms with E-state index in [4.69, 9.17) is 4.74 Å². The van der Waals surface area contributed by atoms with Crippen molar-refractivity contribution >= 4 is 17.7 Å². The summed E-state index contributed by atoms with van der Waals surface area (Å²) in [4.78, 5) is 4.19. The fraction of sp³-hybridized carbons (Fsp3) is 0.923. The lowest BCUT2D eigenvalue weighted by atomic mass is 10.2. The number of thioether (sulfide) groups is 1. The summed E-state index contributed by atoms with van der Waals surface area (Å²) in [5.41, 5.74) is 0. The molecule has 0 atom stereocenters. The highest BCUT2D eigenvalue weighted by atomic mass is 32.2. The normalized spacial score (nSPS) is 12.9. The molecule has 0 bridgehead atoms. The van der Waals surface area contributed by atoms with Crippen LogP contribution in [0.3, 0.4) is 0 Å². The van der Waals surface area contributed by atoms with E-state index in [1.165, 1.54) is 0 Å². The Kier molecular flexibility index (Phi) is 9.28. The lowest BCUT2D eigenvalue weighted by Gasteiger charge is -2.23. The van der Waals surface area contributed by atoms with Gasteiger partial charge in [-0.2, -0.15) is 11.8 Å². The smallest absolute Gasteiger partial charge is 0.191 e. The molecule has 0 aliphatic heterocycles. The average molecular weight is 275 g/mol. The Morgan fingerprint density at radius 1 is 1.33 bits per heavy atom. The SMILES string of the molecule is CN=C(NCCOCC(C)C)NCC(C)(C)SC. The average Bonchev–Trinajstić information content (AvgIpc) is 2.32. The Labute approximate surface area is 116 Å². The van der Waals surface area contributed by atoms with Crippen LogP contribution in [0.25, 0.3) is 0 Å². The van der Waals surface area contributed by atoms with Crippen LogP contribution in [0.15, 0.2) is 4.99 Å². The minimum absolute atomic E-state index is 0.214. The largest absolute Gasteiger partial charge is 0.379 e. The third-order valence-electron chi connectivity index (χ3n) is 2.45. The Bertz CT molecular complexity index is 242. The van der Waals surface area contributed by atoms with Crippen LogP contribution in [0.5, 0.6) is 0 Å². The maximum Gasteiger partial charge on any atom is 0.191 e. The number of hydrogen-bond donors (Lipinski definition) is 2. The van der Waals surface area contributed by atoms with Gasteiger partial charge in [-0.1, -0.05) is 13.8 Å².